The van der Waals surface area contributed by atoms with E-state index < -0.39 is 7.25 Å². The van der Waals surface area contributed by atoms with Gasteiger partial charge in [-0.3, -0.25) is 9.69 Å². The molecule has 4 bridgehead atoms. The Morgan fingerprint density at radius 1 is 1.06 bits per heavy atom. The van der Waals surface area contributed by atoms with Gasteiger partial charge in [-0.25, -0.2) is 0 Å². The monoisotopic (exact) mass is 268 g/mol. The summed E-state index contributed by atoms with van der Waals surface area (Å²) in [6.45, 7) is 0.659. The van der Waals surface area contributed by atoms with Gasteiger partial charge < -0.3 is 22.4 Å². The van der Waals surface area contributed by atoms with Crippen LogP contribution in [0.15, 0.2) is 0 Å². The molecular weight excluding hydrogens is 253 g/mol. The van der Waals surface area contributed by atoms with Gasteiger partial charge in [-0.2, -0.15) is 0 Å². The number of aliphatic hydroxyl groups is 1. The number of fused-ring (bicyclic) bond motifs is 1. The van der Waals surface area contributed by atoms with Gasteiger partial charge in [0.15, 0.2) is 0 Å². The Kier molecular flexibility index (Phi) is 3.69. The lowest BCUT2D eigenvalue weighted by molar-refractivity contribution is -0.144. The van der Waals surface area contributed by atoms with Crippen LogP contribution in [0.4, 0.5) is 17.3 Å². The number of halogens is 4. The van der Waals surface area contributed by atoms with E-state index in [9.17, 15) is 27.2 Å². The highest BCUT2D eigenvalue weighted by molar-refractivity contribution is 6.50. The number of piperidine rings is 4. The van der Waals surface area contributed by atoms with Crippen molar-refractivity contribution in [3.63, 3.8) is 0 Å². The summed E-state index contributed by atoms with van der Waals surface area (Å²) in [5.41, 5.74) is 0. The number of hydrogen-bond acceptors (Lipinski definition) is 3. The van der Waals surface area contributed by atoms with Gasteiger partial charge in [0.05, 0.1) is 12.6 Å². The highest BCUT2D eigenvalue weighted by Crippen LogP contribution is 2.41. The summed E-state index contributed by atoms with van der Waals surface area (Å²) < 4.78 is 39.0. The molecule has 104 valence electrons. The van der Waals surface area contributed by atoms with Crippen molar-refractivity contribution in [1.82, 2.24) is 4.90 Å². The molecule has 3 nitrogen and oxygen atoms in total. The fraction of sp³-hybridized carbons (Fsp3) is 0.900. The minimum Gasteiger partial charge on any atom is -0.418 e. The molecule has 1 N–H and O–H groups in total. The molecule has 0 saturated carbocycles. The van der Waals surface area contributed by atoms with Crippen LogP contribution in [-0.2, 0) is 4.79 Å². The molecule has 5 atom stereocenters. The van der Waals surface area contributed by atoms with E-state index in [2.05, 4.69) is 4.90 Å². The predicted octanol–water partition coefficient (Wildman–Crippen LogP) is 1.47. The lowest BCUT2D eigenvalue weighted by Gasteiger charge is -2.53. The molecule has 0 radical (unpaired) electrons. The Labute approximate surface area is 102 Å². The van der Waals surface area contributed by atoms with Gasteiger partial charge >= 0.3 is 7.25 Å². The van der Waals surface area contributed by atoms with Crippen LogP contribution >= 0.6 is 0 Å². The van der Waals surface area contributed by atoms with Crippen molar-refractivity contribution in [1.29, 1.82) is 0 Å². The number of aliphatic hydroxyl groups excluding tert-OH is 1. The highest BCUT2D eigenvalue weighted by Gasteiger charge is 2.48. The number of carbonyl (C=O) groups is 1. The third-order valence-corrected chi connectivity index (χ3v) is 3.93. The smallest absolute Gasteiger partial charge is 0.418 e. The van der Waals surface area contributed by atoms with E-state index in [1.165, 1.54) is 0 Å². The van der Waals surface area contributed by atoms with Crippen molar-refractivity contribution in [2.45, 2.75) is 43.9 Å². The molecule has 4 unspecified atom stereocenters. The second kappa shape index (κ2) is 4.81. The fourth-order valence-corrected chi connectivity index (χ4v) is 3.34. The average molecular weight is 268 g/mol. The second-order valence-electron chi connectivity index (χ2n) is 5.23. The van der Waals surface area contributed by atoms with Crippen molar-refractivity contribution >= 4 is 13.0 Å². The molecule has 4 aliphatic heterocycles. The van der Waals surface area contributed by atoms with E-state index in [0.29, 0.717) is 30.3 Å². The van der Waals surface area contributed by atoms with Crippen LogP contribution in [0, 0.1) is 5.92 Å². The Morgan fingerprint density at radius 2 is 1.50 bits per heavy atom. The molecule has 0 amide bonds. The maximum atomic E-state index is 11.5. The lowest BCUT2D eigenvalue weighted by Crippen LogP contribution is -2.62. The van der Waals surface area contributed by atoms with Gasteiger partial charge in [-0.1, -0.05) is 0 Å². The van der Waals surface area contributed by atoms with E-state index in [1.807, 2.05) is 0 Å². The van der Waals surface area contributed by atoms with Crippen LogP contribution in [0.5, 0.6) is 0 Å². The standard InChI is InChI=1S/C10H15NO2.BF4/c12-9-3-7-1-6-2-8(4-9)11(7)5-10(6)13;2-1(3,4)5/h6-9,12H,1-5H2;/q;-1/t6?,7-,8?,9?;/m1./s1. The summed E-state index contributed by atoms with van der Waals surface area (Å²) in [5, 5.41) is 9.60. The number of nitrogens with zero attached hydrogens (tertiary/aromatic N) is 1. The molecule has 0 spiro atoms. The fourth-order valence-electron chi connectivity index (χ4n) is 3.34. The molecule has 4 saturated heterocycles. The van der Waals surface area contributed by atoms with Gasteiger partial charge in [0, 0.05) is 18.0 Å². The van der Waals surface area contributed by atoms with E-state index in [4.69, 9.17) is 0 Å². The summed E-state index contributed by atoms with van der Waals surface area (Å²) in [7, 11) is -6.00. The molecular formula is C10H15BF4NO2-. The average Bonchev–Trinajstić information content (AvgIpc) is 2.15. The molecule has 4 heterocycles. The third-order valence-electron chi connectivity index (χ3n) is 3.93. The molecule has 0 aromatic rings. The van der Waals surface area contributed by atoms with E-state index in [-0.39, 0.29) is 6.10 Å². The summed E-state index contributed by atoms with van der Waals surface area (Å²) >= 11 is 0. The van der Waals surface area contributed by atoms with Gasteiger partial charge in [0.25, 0.3) is 0 Å². The lowest BCUT2D eigenvalue weighted by atomic mass is 9.72. The van der Waals surface area contributed by atoms with Crippen LogP contribution in [0.2, 0.25) is 0 Å². The number of ketones is 1. The first-order valence-electron chi connectivity index (χ1n) is 6.08. The molecule has 18 heavy (non-hydrogen) atoms. The van der Waals surface area contributed by atoms with Crippen molar-refractivity contribution in [2.75, 3.05) is 6.54 Å². The Balaban J connectivity index is 0.000000209. The third kappa shape index (κ3) is 3.23. The molecule has 4 fully saturated rings. The molecule has 8 heteroatoms. The topological polar surface area (TPSA) is 40.5 Å². The first kappa shape index (κ1) is 13.8. The van der Waals surface area contributed by atoms with Crippen LogP contribution in [-0.4, -0.2) is 47.8 Å². The largest absolute Gasteiger partial charge is 0.673 e. The van der Waals surface area contributed by atoms with Crippen molar-refractivity contribution in [2.24, 2.45) is 5.92 Å². The zero-order chi connectivity index (χ0) is 13.5. The van der Waals surface area contributed by atoms with E-state index in [0.717, 1.165) is 25.7 Å². The molecule has 0 aromatic carbocycles. The molecule has 0 aliphatic carbocycles. The number of rotatable bonds is 0. The van der Waals surface area contributed by atoms with E-state index in [1.54, 1.807) is 0 Å². The predicted molar refractivity (Wildman–Crippen MR) is 57.4 cm³/mol. The second-order valence-corrected chi connectivity index (χ2v) is 5.23. The minimum absolute atomic E-state index is 0.111. The SMILES string of the molecule is F[B-](F)(F)F.O=C1CN2C3CC(O)C[C@H]2CC1C3. The van der Waals surface area contributed by atoms with Crippen molar-refractivity contribution in [3.8, 4) is 0 Å². The van der Waals surface area contributed by atoms with Crippen LogP contribution < -0.4 is 0 Å². The molecule has 4 rings (SSSR count). The maximum absolute atomic E-state index is 11.5. The highest BCUT2D eigenvalue weighted by atomic mass is 19.5. The number of Topliss-reactive ketones (excluding diaryl/α,β-unsaturated/α-hetero) is 1. The summed E-state index contributed by atoms with van der Waals surface area (Å²) in [4.78, 5) is 13.8. The van der Waals surface area contributed by atoms with Gasteiger partial charge in [-0.15, -0.1) is 0 Å². The quantitative estimate of drug-likeness (QED) is 0.534. The summed E-state index contributed by atoms with van der Waals surface area (Å²) in [6, 6.07) is 1.01. The number of carbonyl (C=O) groups excluding carboxylic acids is 1. The Hall–Kier alpha value is -0.625. The van der Waals surface area contributed by atoms with Crippen LogP contribution in [0.1, 0.15) is 25.7 Å². The number of hydrogen-bond donors (Lipinski definition) is 1. The van der Waals surface area contributed by atoms with Crippen LogP contribution in [0.25, 0.3) is 0 Å². The zero-order valence-electron chi connectivity index (χ0n) is 9.74. The van der Waals surface area contributed by atoms with E-state index >= 15 is 0 Å². The minimum atomic E-state index is -6.00. The molecule has 0 aromatic heterocycles. The summed E-state index contributed by atoms with van der Waals surface area (Å²) in [6.07, 6.45) is 3.68. The maximum Gasteiger partial charge on any atom is 0.673 e. The summed E-state index contributed by atoms with van der Waals surface area (Å²) in [5.74, 6) is 0.761. The first-order chi connectivity index (χ1) is 8.24. The van der Waals surface area contributed by atoms with Gasteiger partial charge in [0.2, 0.25) is 0 Å². The van der Waals surface area contributed by atoms with Crippen molar-refractivity contribution in [3.05, 3.63) is 0 Å². The Morgan fingerprint density at radius 3 is 1.89 bits per heavy atom. The van der Waals surface area contributed by atoms with Crippen molar-refractivity contribution < 1.29 is 27.2 Å². The molecule has 4 aliphatic rings. The van der Waals surface area contributed by atoms with Gasteiger partial charge in [-0.05, 0) is 25.7 Å². The van der Waals surface area contributed by atoms with Crippen LogP contribution in [0.3, 0.4) is 0 Å². The van der Waals surface area contributed by atoms with Gasteiger partial charge in [0.1, 0.15) is 5.78 Å². The zero-order valence-corrected chi connectivity index (χ0v) is 9.74. The first-order valence-corrected chi connectivity index (χ1v) is 6.08. The Bertz CT molecular complexity index is 316. The normalized spacial score (nSPS) is 42.3.